The van der Waals surface area contributed by atoms with Crippen molar-refractivity contribution < 1.29 is 9.90 Å². The molecule has 0 aliphatic heterocycles. The molecule has 0 aliphatic carbocycles. The number of carbonyl (C=O) groups is 1. The van der Waals surface area contributed by atoms with E-state index in [2.05, 4.69) is 0 Å². The van der Waals surface area contributed by atoms with Gasteiger partial charge in [0, 0.05) is 10.5 Å². The number of aliphatic hydroxyl groups excluding tert-OH is 1. The second-order valence-corrected chi connectivity index (χ2v) is 6.31. The highest BCUT2D eigenvalue weighted by atomic mass is 32.2. The minimum Gasteiger partial charge on any atom is -0.512 e. The van der Waals surface area contributed by atoms with Crippen LogP contribution in [0.4, 0.5) is 0 Å². The number of benzene rings is 1. The maximum Gasteiger partial charge on any atom is 0.163 e. The van der Waals surface area contributed by atoms with Gasteiger partial charge in [-0.1, -0.05) is 30.0 Å². The molecule has 0 spiro atoms. The fraction of sp³-hybridized carbons (Fsp3) is 0.133. The molecule has 2 rings (SSSR count). The normalized spacial score (nSPS) is 12.1. The van der Waals surface area contributed by atoms with Gasteiger partial charge in [-0.2, -0.15) is 0 Å². The van der Waals surface area contributed by atoms with Gasteiger partial charge in [0.2, 0.25) is 0 Å². The maximum atomic E-state index is 11.7. The summed E-state index contributed by atoms with van der Waals surface area (Å²) >= 11 is 3.18. The van der Waals surface area contributed by atoms with Crippen LogP contribution >= 0.6 is 23.1 Å². The lowest BCUT2D eigenvalue weighted by atomic mass is 10.1. The van der Waals surface area contributed by atoms with Gasteiger partial charge < -0.3 is 5.11 Å². The number of carbonyl (C=O) groups excluding carboxylic acids is 1. The Labute approximate surface area is 120 Å². The molecule has 0 radical (unpaired) electrons. The van der Waals surface area contributed by atoms with Crippen molar-refractivity contribution in [3.63, 3.8) is 0 Å². The van der Waals surface area contributed by atoms with Crippen molar-refractivity contribution in [3.05, 3.63) is 53.1 Å². The molecular formula is C15H14O2S2. The zero-order valence-corrected chi connectivity index (χ0v) is 12.3. The predicted molar refractivity (Wildman–Crippen MR) is 80.8 cm³/mol. The van der Waals surface area contributed by atoms with Crippen molar-refractivity contribution in [1.29, 1.82) is 0 Å². The maximum absolute atomic E-state index is 11.7. The fourth-order valence-electron chi connectivity index (χ4n) is 1.79. The molecule has 0 saturated heterocycles. The van der Waals surface area contributed by atoms with E-state index in [9.17, 15) is 9.90 Å². The molecule has 1 aromatic carbocycles. The van der Waals surface area contributed by atoms with E-state index >= 15 is 0 Å². The second kappa shape index (κ2) is 6.08. The second-order valence-electron chi connectivity index (χ2n) is 4.05. The number of ketones is 1. The summed E-state index contributed by atoms with van der Waals surface area (Å²) in [4.78, 5) is 12.8. The van der Waals surface area contributed by atoms with Gasteiger partial charge in [0.25, 0.3) is 0 Å². The van der Waals surface area contributed by atoms with E-state index in [1.165, 1.54) is 6.92 Å². The molecular weight excluding hydrogens is 276 g/mol. The van der Waals surface area contributed by atoms with E-state index < -0.39 is 0 Å². The SMILES string of the molecule is CC(=O)/C(=C(/C)O)c1ccsc1Sc1ccccc1. The summed E-state index contributed by atoms with van der Waals surface area (Å²) < 4.78 is 1.02. The Kier molecular flexibility index (Phi) is 4.45. The van der Waals surface area contributed by atoms with E-state index in [-0.39, 0.29) is 11.5 Å². The van der Waals surface area contributed by atoms with Gasteiger partial charge in [0.05, 0.1) is 9.78 Å². The number of Topliss-reactive ketones (excluding diaryl/α,β-unsaturated/α-hetero) is 1. The smallest absolute Gasteiger partial charge is 0.163 e. The van der Waals surface area contributed by atoms with Crippen LogP contribution in [0.2, 0.25) is 0 Å². The van der Waals surface area contributed by atoms with E-state index in [4.69, 9.17) is 0 Å². The standard InChI is InChI=1S/C15H14O2S2/c1-10(16)14(11(2)17)13-8-9-18-15(13)19-12-6-4-3-5-7-12/h3-9,16H,1-2H3/b14-10+. The highest BCUT2D eigenvalue weighted by Crippen LogP contribution is 2.38. The zero-order valence-electron chi connectivity index (χ0n) is 10.7. The Balaban J connectivity index is 2.38. The van der Waals surface area contributed by atoms with Crippen molar-refractivity contribution in [2.75, 3.05) is 0 Å². The van der Waals surface area contributed by atoms with E-state index in [0.717, 1.165) is 14.7 Å². The quantitative estimate of drug-likeness (QED) is 0.650. The van der Waals surface area contributed by atoms with Crippen LogP contribution in [-0.2, 0) is 4.79 Å². The molecule has 1 N–H and O–H groups in total. The van der Waals surface area contributed by atoms with Gasteiger partial charge in [-0.3, -0.25) is 4.79 Å². The summed E-state index contributed by atoms with van der Waals surface area (Å²) in [6.45, 7) is 3.02. The Hall–Kier alpha value is -1.52. The predicted octanol–water partition coefficient (Wildman–Crippen LogP) is 4.78. The Bertz CT molecular complexity index is 608. The number of rotatable bonds is 4. The summed E-state index contributed by atoms with van der Waals surface area (Å²) in [6, 6.07) is 11.9. The van der Waals surface area contributed by atoms with Crippen LogP contribution in [0.5, 0.6) is 0 Å². The van der Waals surface area contributed by atoms with Gasteiger partial charge in [-0.15, -0.1) is 11.3 Å². The molecule has 2 aromatic rings. The van der Waals surface area contributed by atoms with Crippen molar-refractivity contribution >= 4 is 34.5 Å². The molecule has 0 atom stereocenters. The molecule has 0 saturated carbocycles. The average Bonchev–Trinajstić information content (AvgIpc) is 2.78. The first kappa shape index (κ1) is 13.9. The lowest BCUT2D eigenvalue weighted by Gasteiger charge is -2.07. The fourth-order valence-corrected chi connectivity index (χ4v) is 3.85. The molecule has 98 valence electrons. The minimum atomic E-state index is -0.117. The van der Waals surface area contributed by atoms with E-state index in [1.807, 2.05) is 41.8 Å². The number of aliphatic hydroxyl groups is 1. The monoisotopic (exact) mass is 290 g/mol. The summed E-state index contributed by atoms with van der Waals surface area (Å²) in [7, 11) is 0. The molecule has 2 nitrogen and oxygen atoms in total. The average molecular weight is 290 g/mol. The zero-order chi connectivity index (χ0) is 13.8. The molecule has 1 aromatic heterocycles. The molecule has 0 amide bonds. The van der Waals surface area contributed by atoms with Crippen LogP contribution in [0.15, 0.2) is 56.6 Å². The first-order valence-corrected chi connectivity index (χ1v) is 7.50. The van der Waals surface area contributed by atoms with Gasteiger partial charge >= 0.3 is 0 Å². The first-order chi connectivity index (χ1) is 9.09. The third-order valence-corrected chi connectivity index (χ3v) is 4.72. The van der Waals surface area contributed by atoms with Crippen molar-refractivity contribution in [3.8, 4) is 0 Å². The molecule has 0 unspecified atom stereocenters. The van der Waals surface area contributed by atoms with Gasteiger partial charge in [0.15, 0.2) is 5.78 Å². The van der Waals surface area contributed by atoms with Crippen LogP contribution in [0.1, 0.15) is 19.4 Å². The van der Waals surface area contributed by atoms with Gasteiger partial charge in [0.1, 0.15) is 5.76 Å². The van der Waals surface area contributed by atoms with Gasteiger partial charge in [-0.25, -0.2) is 0 Å². The highest BCUT2D eigenvalue weighted by Gasteiger charge is 2.17. The molecule has 0 aliphatic rings. The number of hydrogen-bond donors (Lipinski definition) is 1. The summed E-state index contributed by atoms with van der Waals surface area (Å²) in [5, 5.41) is 11.6. The molecule has 0 fully saturated rings. The number of thiophene rings is 1. The number of allylic oxidation sites excluding steroid dienone is 2. The summed E-state index contributed by atoms with van der Waals surface area (Å²) in [6.07, 6.45) is 0. The Morgan fingerprint density at radius 2 is 1.84 bits per heavy atom. The van der Waals surface area contributed by atoms with Crippen molar-refractivity contribution in [2.45, 2.75) is 23.0 Å². The van der Waals surface area contributed by atoms with Crippen molar-refractivity contribution in [2.24, 2.45) is 0 Å². The first-order valence-electron chi connectivity index (χ1n) is 5.81. The molecule has 0 bridgehead atoms. The van der Waals surface area contributed by atoms with E-state index in [1.54, 1.807) is 30.0 Å². The van der Waals surface area contributed by atoms with E-state index in [0.29, 0.717) is 5.57 Å². The lowest BCUT2D eigenvalue weighted by Crippen LogP contribution is -1.99. The third-order valence-electron chi connectivity index (χ3n) is 2.57. The molecule has 4 heteroatoms. The Morgan fingerprint density at radius 3 is 2.42 bits per heavy atom. The largest absolute Gasteiger partial charge is 0.512 e. The molecule has 1 heterocycles. The topological polar surface area (TPSA) is 37.3 Å². The van der Waals surface area contributed by atoms with Crippen LogP contribution in [0, 0.1) is 0 Å². The van der Waals surface area contributed by atoms with Gasteiger partial charge in [-0.05, 0) is 37.4 Å². The van der Waals surface area contributed by atoms with Crippen LogP contribution in [0.3, 0.4) is 0 Å². The Morgan fingerprint density at radius 1 is 1.16 bits per heavy atom. The molecule has 19 heavy (non-hydrogen) atoms. The highest BCUT2D eigenvalue weighted by molar-refractivity contribution is 8.01. The summed E-state index contributed by atoms with van der Waals surface area (Å²) in [5.74, 6) is -0.0471. The lowest BCUT2D eigenvalue weighted by molar-refractivity contribution is -0.111. The van der Waals surface area contributed by atoms with Crippen LogP contribution in [0.25, 0.3) is 5.57 Å². The van der Waals surface area contributed by atoms with Crippen molar-refractivity contribution in [1.82, 2.24) is 0 Å². The van der Waals surface area contributed by atoms with Crippen LogP contribution < -0.4 is 0 Å². The number of hydrogen-bond acceptors (Lipinski definition) is 4. The van der Waals surface area contributed by atoms with Crippen LogP contribution in [-0.4, -0.2) is 10.9 Å². The third kappa shape index (κ3) is 3.28. The summed E-state index contributed by atoms with van der Waals surface area (Å²) in [5.41, 5.74) is 1.21. The minimum absolute atomic E-state index is 0.0702.